The summed E-state index contributed by atoms with van der Waals surface area (Å²) in [5.74, 6) is 0.742. The monoisotopic (exact) mass is 345 g/mol. The highest BCUT2D eigenvalue weighted by atomic mass is 35.5. The third-order valence-electron chi connectivity index (χ3n) is 3.93. The lowest BCUT2D eigenvalue weighted by molar-refractivity contribution is 0.162. The Morgan fingerprint density at radius 1 is 1.08 bits per heavy atom. The number of aromatic amines is 1. The van der Waals surface area contributed by atoms with E-state index in [9.17, 15) is 0 Å². The number of methoxy groups -OCH3 is 1. The zero-order valence-electron chi connectivity index (χ0n) is 13.2. The Bertz CT molecular complexity index is 775. The average molecular weight is 346 g/mol. The molecule has 24 heavy (non-hydrogen) atoms. The molecule has 0 spiro atoms. The van der Waals surface area contributed by atoms with Crippen LogP contribution in [0.5, 0.6) is 5.75 Å². The Kier molecular flexibility index (Phi) is 4.81. The summed E-state index contributed by atoms with van der Waals surface area (Å²) >= 11 is 5.93. The van der Waals surface area contributed by atoms with Gasteiger partial charge in [-0.05, 0) is 35.4 Å². The van der Waals surface area contributed by atoms with Gasteiger partial charge in [-0.25, -0.2) is 4.39 Å². The number of alkyl halides is 1. The molecule has 0 aliphatic heterocycles. The first kappa shape index (κ1) is 16.5. The Balaban J connectivity index is 1.92. The van der Waals surface area contributed by atoms with Crippen molar-refractivity contribution in [2.45, 2.75) is 18.5 Å². The molecule has 0 saturated carbocycles. The van der Waals surface area contributed by atoms with Crippen LogP contribution < -0.4 is 4.74 Å². The third kappa shape index (κ3) is 3.74. The lowest BCUT2D eigenvalue weighted by Crippen LogP contribution is -2.26. The highest BCUT2D eigenvalue weighted by Crippen LogP contribution is 2.34. The molecule has 0 aliphatic rings. The minimum Gasteiger partial charge on any atom is -0.497 e. The second-order valence-corrected chi connectivity index (χ2v) is 6.07. The van der Waals surface area contributed by atoms with E-state index in [1.165, 1.54) is 6.20 Å². The van der Waals surface area contributed by atoms with Gasteiger partial charge in [0.05, 0.1) is 19.0 Å². The Hall–Kier alpha value is -2.40. The fourth-order valence-electron chi connectivity index (χ4n) is 2.68. The van der Waals surface area contributed by atoms with Crippen LogP contribution in [0.3, 0.4) is 0 Å². The number of benzene rings is 2. The largest absolute Gasteiger partial charge is 0.497 e. The zero-order chi connectivity index (χ0) is 17.0. The van der Waals surface area contributed by atoms with E-state index >= 15 is 4.39 Å². The second kappa shape index (κ2) is 7.01. The Morgan fingerprint density at radius 3 is 2.38 bits per heavy atom. The molecular weight excluding hydrogens is 329 g/mol. The highest BCUT2D eigenvalue weighted by molar-refractivity contribution is 6.30. The molecule has 6 heteroatoms. The molecule has 0 bridgehead atoms. The van der Waals surface area contributed by atoms with Crippen LogP contribution in [0.2, 0.25) is 5.02 Å². The average Bonchev–Trinajstić information content (AvgIpc) is 3.08. The maximum absolute atomic E-state index is 15.9. The van der Waals surface area contributed by atoms with Gasteiger partial charge in [-0.2, -0.15) is 15.4 Å². The molecule has 2 aromatic carbocycles. The SMILES string of the molecule is COc1ccc(CC(F)(Cc2cn[nH]n2)c2ccc(Cl)cc2)cc1. The molecule has 1 aromatic heterocycles. The number of hydrogen-bond donors (Lipinski definition) is 1. The summed E-state index contributed by atoms with van der Waals surface area (Å²) in [6.07, 6.45) is 1.88. The molecular formula is C18H17ClFN3O. The van der Waals surface area contributed by atoms with Crippen molar-refractivity contribution in [2.75, 3.05) is 7.11 Å². The van der Waals surface area contributed by atoms with Crippen molar-refractivity contribution in [3.63, 3.8) is 0 Å². The minimum absolute atomic E-state index is 0.122. The van der Waals surface area contributed by atoms with E-state index in [4.69, 9.17) is 16.3 Å². The minimum atomic E-state index is -1.62. The van der Waals surface area contributed by atoms with Gasteiger partial charge in [0.2, 0.25) is 0 Å². The van der Waals surface area contributed by atoms with E-state index in [2.05, 4.69) is 15.4 Å². The Morgan fingerprint density at radius 2 is 1.79 bits per heavy atom. The molecule has 0 aliphatic carbocycles. The molecule has 0 amide bonds. The van der Waals surface area contributed by atoms with E-state index in [1.54, 1.807) is 31.4 Å². The maximum Gasteiger partial charge on any atom is 0.145 e. The van der Waals surface area contributed by atoms with Crippen LogP contribution in [-0.4, -0.2) is 22.5 Å². The number of rotatable bonds is 6. The molecule has 1 unspecified atom stereocenters. The summed E-state index contributed by atoms with van der Waals surface area (Å²) in [6.45, 7) is 0. The first-order valence-corrected chi connectivity index (χ1v) is 7.89. The summed E-state index contributed by atoms with van der Waals surface area (Å²) in [4.78, 5) is 0. The number of H-pyrrole nitrogens is 1. The van der Waals surface area contributed by atoms with Crippen LogP contribution in [0.25, 0.3) is 0 Å². The summed E-state index contributed by atoms with van der Waals surface area (Å²) in [6, 6.07) is 14.2. The van der Waals surface area contributed by atoms with Gasteiger partial charge in [-0.1, -0.05) is 35.9 Å². The topological polar surface area (TPSA) is 50.8 Å². The van der Waals surface area contributed by atoms with Crippen LogP contribution in [0, 0.1) is 0 Å². The summed E-state index contributed by atoms with van der Waals surface area (Å²) < 4.78 is 21.1. The third-order valence-corrected chi connectivity index (χ3v) is 4.18. The standard InChI is InChI=1S/C18H17ClFN3O/c1-24-17-8-2-13(3-9-17)10-18(20,11-16-12-21-23-22-16)14-4-6-15(19)7-5-14/h2-9,12H,10-11H2,1H3,(H,21,22,23). The van der Waals surface area contributed by atoms with Crippen molar-refractivity contribution in [3.05, 3.63) is 76.6 Å². The maximum atomic E-state index is 15.9. The predicted octanol–water partition coefficient (Wildman–Crippen LogP) is 4.12. The molecule has 1 atom stereocenters. The summed E-state index contributed by atoms with van der Waals surface area (Å²) in [5, 5.41) is 10.9. The van der Waals surface area contributed by atoms with Crippen LogP contribution in [-0.2, 0) is 18.5 Å². The van der Waals surface area contributed by atoms with E-state index in [0.717, 1.165) is 11.3 Å². The predicted molar refractivity (Wildman–Crippen MR) is 91.0 cm³/mol. The van der Waals surface area contributed by atoms with Crippen molar-refractivity contribution < 1.29 is 9.13 Å². The molecule has 1 heterocycles. The number of halogens is 2. The number of aromatic nitrogens is 3. The van der Waals surface area contributed by atoms with E-state index in [1.807, 2.05) is 24.3 Å². The molecule has 4 nitrogen and oxygen atoms in total. The zero-order valence-corrected chi connectivity index (χ0v) is 13.9. The number of nitrogens with one attached hydrogen (secondary N) is 1. The van der Waals surface area contributed by atoms with Crippen LogP contribution in [0.4, 0.5) is 4.39 Å². The van der Waals surface area contributed by atoms with Crippen LogP contribution >= 0.6 is 11.6 Å². The van der Waals surface area contributed by atoms with Gasteiger partial charge in [0.1, 0.15) is 11.4 Å². The second-order valence-electron chi connectivity index (χ2n) is 5.64. The van der Waals surface area contributed by atoms with E-state index in [-0.39, 0.29) is 12.8 Å². The first-order valence-electron chi connectivity index (χ1n) is 7.51. The summed E-state index contributed by atoms with van der Waals surface area (Å²) in [7, 11) is 1.60. The van der Waals surface area contributed by atoms with Gasteiger partial charge in [-0.15, -0.1) is 0 Å². The smallest absolute Gasteiger partial charge is 0.145 e. The fourth-order valence-corrected chi connectivity index (χ4v) is 2.81. The van der Waals surface area contributed by atoms with E-state index in [0.29, 0.717) is 16.3 Å². The van der Waals surface area contributed by atoms with Crippen molar-refractivity contribution in [3.8, 4) is 5.75 Å². The molecule has 0 radical (unpaired) electrons. The fraction of sp³-hybridized carbons (Fsp3) is 0.222. The van der Waals surface area contributed by atoms with Crippen LogP contribution in [0.1, 0.15) is 16.8 Å². The molecule has 3 aromatic rings. The van der Waals surface area contributed by atoms with E-state index < -0.39 is 5.67 Å². The van der Waals surface area contributed by atoms with Gasteiger partial charge in [0.15, 0.2) is 0 Å². The quantitative estimate of drug-likeness (QED) is 0.731. The van der Waals surface area contributed by atoms with Crippen LogP contribution in [0.15, 0.2) is 54.7 Å². The first-order chi connectivity index (χ1) is 11.6. The highest BCUT2D eigenvalue weighted by Gasteiger charge is 2.33. The molecule has 124 valence electrons. The molecule has 3 rings (SSSR count). The van der Waals surface area contributed by atoms with Gasteiger partial charge < -0.3 is 4.74 Å². The normalized spacial score (nSPS) is 13.5. The van der Waals surface area contributed by atoms with Gasteiger partial charge >= 0.3 is 0 Å². The van der Waals surface area contributed by atoms with Crippen molar-refractivity contribution >= 4 is 11.6 Å². The van der Waals surface area contributed by atoms with Gasteiger partial charge in [0, 0.05) is 17.9 Å². The molecule has 0 fully saturated rings. The molecule has 0 saturated heterocycles. The Labute approximate surface area is 144 Å². The number of hydrogen-bond acceptors (Lipinski definition) is 3. The lowest BCUT2D eigenvalue weighted by Gasteiger charge is -2.25. The van der Waals surface area contributed by atoms with Crippen molar-refractivity contribution in [2.24, 2.45) is 0 Å². The van der Waals surface area contributed by atoms with Crippen molar-refractivity contribution in [1.29, 1.82) is 0 Å². The number of nitrogens with zero attached hydrogens (tertiary/aromatic N) is 2. The number of ether oxygens (including phenoxy) is 1. The lowest BCUT2D eigenvalue weighted by atomic mass is 9.85. The van der Waals surface area contributed by atoms with Gasteiger partial charge in [0.25, 0.3) is 0 Å². The van der Waals surface area contributed by atoms with Crippen molar-refractivity contribution in [1.82, 2.24) is 15.4 Å². The van der Waals surface area contributed by atoms with Gasteiger partial charge in [-0.3, -0.25) is 0 Å². The molecule has 1 N–H and O–H groups in total. The summed E-state index contributed by atoms with van der Waals surface area (Å²) in [5.41, 5.74) is 0.388.